The fraction of sp³-hybridized carbons (Fsp3) is 0.529. The van der Waals surface area contributed by atoms with Crippen LogP contribution in [0.15, 0.2) is 24.3 Å². The Morgan fingerprint density at radius 1 is 1.45 bits per heavy atom. The van der Waals surface area contributed by atoms with Gasteiger partial charge >= 0.3 is 0 Å². The number of benzene rings is 1. The average molecular weight is 323 g/mol. The van der Waals surface area contributed by atoms with Gasteiger partial charge in [0, 0.05) is 31.1 Å². The monoisotopic (exact) mass is 322 g/mol. The second kappa shape index (κ2) is 8.18. The number of hydrogen-bond donors (Lipinski definition) is 1. The van der Waals surface area contributed by atoms with Gasteiger partial charge in [-0.1, -0.05) is 37.1 Å². The second-order valence-electron chi connectivity index (χ2n) is 5.77. The molecule has 5 heteroatoms. The first-order valence-corrected chi connectivity index (χ1v) is 8.28. The Kier molecular flexibility index (Phi) is 6.25. The number of carbonyl (C=O) groups is 2. The van der Waals surface area contributed by atoms with E-state index < -0.39 is 0 Å². The number of nitrogens with zero attached hydrogens (tertiary/aromatic N) is 1. The summed E-state index contributed by atoms with van der Waals surface area (Å²) < 4.78 is 0. The molecule has 1 aromatic carbocycles. The minimum Gasteiger partial charge on any atom is -0.356 e. The molecule has 2 amide bonds. The standard InChI is InChI=1S/C17H23ClN2O2/c1-2-3-8-19-17(22)14-11-16(21)20(12-14)9-7-13-5-4-6-15(18)10-13/h4-6,10,14H,2-3,7-9,11-12H2,1H3,(H,19,22). The fourth-order valence-electron chi connectivity index (χ4n) is 2.65. The van der Waals surface area contributed by atoms with E-state index >= 15 is 0 Å². The summed E-state index contributed by atoms with van der Waals surface area (Å²) >= 11 is 5.96. The maximum absolute atomic E-state index is 12.0. The zero-order chi connectivity index (χ0) is 15.9. The van der Waals surface area contributed by atoms with Gasteiger partial charge in [0.2, 0.25) is 11.8 Å². The maximum Gasteiger partial charge on any atom is 0.225 e. The Labute approximate surface area is 136 Å². The molecule has 0 radical (unpaired) electrons. The lowest BCUT2D eigenvalue weighted by atomic mass is 10.1. The van der Waals surface area contributed by atoms with E-state index in [1.54, 1.807) is 4.90 Å². The summed E-state index contributed by atoms with van der Waals surface area (Å²) in [5, 5.41) is 3.62. The molecule has 1 unspecified atom stereocenters. The van der Waals surface area contributed by atoms with Crippen molar-refractivity contribution in [1.82, 2.24) is 10.2 Å². The third-order valence-electron chi connectivity index (χ3n) is 3.97. The van der Waals surface area contributed by atoms with Crippen LogP contribution >= 0.6 is 11.6 Å². The number of carbonyl (C=O) groups excluding carboxylic acids is 2. The van der Waals surface area contributed by atoms with Crippen LogP contribution in [0.5, 0.6) is 0 Å². The Balaban J connectivity index is 1.81. The molecule has 22 heavy (non-hydrogen) atoms. The van der Waals surface area contributed by atoms with E-state index in [4.69, 9.17) is 11.6 Å². The van der Waals surface area contributed by atoms with Gasteiger partial charge in [-0.2, -0.15) is 0 Å². The molecule has 1 N–H and O–H groups in total. The molecule has 4 nitrogen and oxygen atoms in total. The summed E-state index contributed by atoms with van der Waals surface area (Å²) in [4.78, 5) is 25.8. The molecule has 0 bridgehead atoms. The fourth-order valence-corrected chi connectivity index (χ4v) is 2.87. The Hall–Kier alpha value is -1.55. The highest BCUT2D eigenvalue weighted by molar-refractivity contribution is 6.30. The van der Waals surface area contributed by atoms with Crippen LogP contribution in [0.25, 0.3) is 0 Å². The minimum absolute atomic E-state index is 0.00653. The molecular formula is C17H23ClN2O2. The summed E-state index contributed by atoms with van der Waals surface area (Å²) in [6, 6.07) is 7.66. The van der Waals surface area contributed by atoms with Crippen molar-refractivity contribution in [2.45, 2.75) is 32.6 Å². The number of rotatable bonds is 7. The van der Waals surface area contributed by atoms with Crippen molar-refractivity contribution >= 4 is 23.4 Å². The molecule has 0 spiro atoms. The first-order valence-electron chi connectivity index (χ1n) is 7.90. The van der Waals surface area contributed by atoms with Crippen molar-refractivity contribution in [2.24, 2.45) is 5.92 Å². The smallest absolute Gasteiger partial charge is 0.225 e. The summed E-state index contributed by atoms with van der Waals surface area (Å²) in [5.74, 6) is -0.131. The van der Waals surface area contributed by atoms with Gasteiger partial charge < -0.3 is 10.2 Å². The highest BCUT2D eigenvalue weighted by atomic mass is 35.5. The summed E-state index contributed by atoms with van der Waals surface area (Å²) in [6.07, 6.45) is 3.12. The van der Waals surface area contributed by atoms with Crippen LogP contribution in [-0.4, -0.2) is 36.3 Å². The van der Waals surface area contributed by atoms with E-state index in [1.807, 2.05) is 24.3 Å². The number of likely N-dealkylation sites (tertiary alicyclic amines) is 1. The highest BCUT2D eigenvalue weighted by Gasteiger charge is 2.33. The molecule has 2 rings (SSSR count). The van der Waals surface area contributed by atoms with Crippen molar-refractivity contribution < 1.29 is 9.59 Å². The van der Waals surface area contributed by atoms with Crippen molar-refractivity contribution in [3.8, 4) is 0 Å². The molecule has 0 saturated carbocycles. The lowest BCUT2D eigenvalue weighted by Crippen LogP contribution is -2.34. The zero-order valence-electron chi connectivity index (χ0n) is 13.0. The van der Waals surface area contributed by atoms with Crippen molar-refractivity contribution in [3.63, 3.8) is 0 Å². The summed E-state index contributed by atoms with van der Waals surface area (Å²) in [7, 11) is 0. The van der Waals surface area contributed by atoms with Crippen LogP contribution < -0.4 is 5.32 Å². The van der Waals surface area contributed by atoms with Gasteiger partial charge in [-0.05, 0) is 30.5 Å². The first kappa shape index (κ1) is 16.8. The summed E-state index contributed by atoms with van der Waals surface area (Å²) in [5.41, 5.74) is 1.11. The van der Waals surface area contributed by atoms with Crippen LogP contribution in [0, 0.1) is 5.92 Å². The van der Waals surface area contributed by atoms with Crippen molar-refractivity contribution in [1.29, 1.82) is 0 Å². The van der Waals surface area contributed by atoms with Crippen LogP contribution in [0.4, 0.5) is 0 Å². The van der Waals surface area contributed by atoms with Crippen LogP contribution in [-0.2, 0) is 16.0 Å². The van der Waals surface area contributed by atoms with Crippen LogP contribution in [0.2, 0.25) is 5.02 Å². The molecule has 1 atom stereocenters. The van der Waals surface area contributed by atoms with Gasteiger partial charge in [-0.25, -0.2) is 0 Å². The maximum atomic E-state index is 12.0. The molecule has 1 heterocycles. The Morgan fingerprint density at radius 2 is 2.27 bits per heavy atom. The Morgan fingerprint density at radius 3 is 3.00 bits per heavy atom. The van der Waals surface area contributed by atoms with E-state index in [2.05, 4.69) is 12.2 Å². The molecule has 0 aliphatic carbocycles. The van der Waals surface area contributed by atoms with Crippen LogP contribution in [0.1, 0.15) is 31.7 Å². The SMILES string of the molecule is CCCCNC(=O)C1CC(=O)N(CCc2cccc(Cl)c2)C1. The van der Waals surface area contributed by atoms with Gasteiger partial charge in [-0.3, -0.25) is 9.59 Å². The predicted molar refractivity (Wildman–Crippen MR) is 87.8 cm³/mol. The predicted octanol–water partition coefficient (Wildman–Crippen LogP) is 2.65. The molecule has 1 aliphatic rings. The molecule has 1 fully saturated rings. The molecule has 1 aliphatic heterocycles. The number of halogens is 1. The van der Waals surface area contributed by atoms with E-state index in [0.717, 1.165) is 24.8 Å². The number of nitrogens with one attached hydrogen (secondary N) is 1. The van der Waals surface area contributed by atoms with Gasteiger partial charge in [-0.15, -0.1) is 0 Å². The summed E-state index contributed by atoms with van der Waals surface area (Å²) in [6.45, 7) is 3.95. The topological polar surface area (TPSA) is 49.4 Å². The van der Waals surface area contributed by atoms with E-state index in [1.165, 1.54) is 0 Å². The minimum atomic E-state index is -0.205. The molecule has 0 aromatic heterocycles. The van der Waals surface area contributed by atoms with E-state index in [0.29, 0.717) is 31.1 Å². The third-order valence-corrected chi connectivity index (χ3v) is 4.21. The Bertz CT molecular complexity index is 533. The largest absolute Gasteiger partial charge is 0.356 e. The third kappa shape index (κ3) is 4.73. The normalized spacial score (nSPS) is 17.8. The zero-order valence-corrected chi connectivity index (χ0v) is 13.7. The molecular weight excluding hydrogens is 300 g/mol. The lowest BCUT2D eigenvalue weighted by molar-refractivity contribution is -0.129. The van der Waals surface area contributed by atoms with E-state index in [9.17, 15) is 9.59 Å². The van der Waals surface area contributed by atoms with Crippen molar-refractivity contribution in [2.75, 3.05) is 19.6 Å². The van der Waals surface area contributed by atoms with E-state index in [-0.39, 0.29) is 17.7 Å². The van der Waals surface area contributed by atoms with Crippen molar-refractivity contribution in [3.05, 3.63) is 34.9 Å². The average Bonchev–Trinajstić information content (AvgIpc) is 2.87. The van der Waals surface area contributed by atoms with Gasteiger partial charge in [0.25, 0.3) is 0 Å². The number of amides is 2. The highest BCUT2D eigenvalue weighted by Crippen LogP contribution is 2.19. The quantitative estimate of drug-likeness (QED) is 0.785. The lowest BCUT2D eigenvalue weighted by Gasteiger charge is -2.16. The number of unbranched alkanes of at least 4 members (excludes halogenated alkanes) is 1. The first-order chi connectivity index (χ1) is 10.6. The second-order valence-corrected chi connectivity index (χ2v) is 6.20. The molecule has 1 aromatic rings. The van der Waals surface area contributed by atoms with Gasteiger partial charge in [0.05, 0.1) is 5.92 Å². The molecule has 1 saturated heterocycles. The number of hydrogen-bond acceptors (Lipinski definition) is 2. The van der Waals surface area contributed by atoms with Gasteiger partial charge in [0.1, 0.15) is 0 Å². The van der Waals surface area contributed by atoms with Gasteiger partial charge in [0.15, 0.2) is 0 Å². The van der Waals surface area contributed by atoms with Crippen LogP contribution in [0.3, 0.4) is 0 Å². The molecule has 120 valence electrons.